The molecule has 25 heavy (non-hydrogen) atoms. The van der Waals surface area contributed by atoms with E-state index in [1.807, 2.05) is 53.3 Å². The van der Waals surface area contributed by atoms with Crippen molar-refractivity contribution in [2.75, 3.05) is 32.5 Å². The molecule has 2 aromatic rings. The Kier molecular flexibility index (Phi) is 7.63. The number of H-pyrrole nitrogens is 1. The van der Waals surface area contributed by atoms with E-state index in [0.29, 0.717) is 26.1 Å². The number of aromatic amines is 1. The molecule has 0 radical (unpaired) electrons. The molecule has 0 amide bonds. The standard InChI is InChI=1S/C11H17NO5S2.C5H5N/c1-12(3-2-4-19(13,14)15)5-9-6-16-10-7-18-8-11(10)17-9;1-2-4-6-5-3-1/h7-9H,2-6H2,1H3,(H,13,14,15);1-5H. The predicted octanol–water partition coefficient (Wildman–Crippen LogP) is 1.26. The van der Waals surface area contributed by atoms with Crippen molar-refractivity contribution < 1.29 is 27.4 Å². The smallest absolute Gasteiger partial charge is 0.172 e. The maximum atomic E-state index is 10.5. The molecule has 0 aliphatic carbocycles. The van der Waals surface area contributed by atoms with E-state index in [1.54, 1.807) is 0 Å². The Balaban J connectivity index is 0.000000316. The number of hydrogen-bond acceptors (Lipinski definition) is 7. The van der Waals surface area contributed by atoms with Gasteiger partial charge in [-0.2, -0.15) is 0 Å². The Labute approximate surface area is 152 Å². The summed E-state index contributed by atoms with van der Waals surface area (Å²) in [6, 6.07) is 5.86. The van der Waals surface area contributed by atoms with Gasteiger partial charge in [0.2, 0.25) is 0 Å². The molecule has 1 atom stereocenters. The molecular weight excluding hydrogens is 364 g/mol. The Morgan fingerprint density at radius 2 is 2.00 bits per heavy atom. The third-order valence-electron chi connectivity index (χ3n) is 3.37. The van der Waals surface area contributed by atoms with Gasteiger partial charge in [0.05, 0.1) is 10.1 Å². The van der Waals surface area contributed by atoms with E-state index in [2.05, 4.69) is 4.98 Å². The summed E-state index contributed by atoms with van der Waals surface area (Å²) in [6.45, 7) is 1.65. The normalized spacial score (nSPS) is 16.2. The highest BCUT2D eigenvalue weighted by atomic mass is 32.2. The molecule has 0 saturated carbocycles. The van der Waals surface area contributed by atoms with Crippen molar-refractivity contribution in [3.8, 4) is 11.5 Å². The number of pyridine rings is 1. The Bertz CT molecular complexity index is 694. The minimum atomic E-state index is -4.12. The van der Waals surface area contributed by atoms with Crippen LogP contribution in [0.3, 0.4) is 0 Å². The molecule has 0 fully saturated rings. The van der Waals surface area contributed by atoms with E-state index in [-0.39, 0.29) is 11.9 Å². The van der Waals surface area contributed by atoms with Gasteiger partial charge in [0, 0.05) is 35.2 Å². The molecule has 2 aromatic heterocycles. The third-order valence-corrected chi connectivity index (χ3v) is 4.86. The van der Waals surface area contributed by atoms with Gasteiger partial charge in [0.15, 0.2) is 23.9 Å². The first-order valence-electron chi connectivity index (χ1n) is 7.83. The summed E-state index contributed by atoms with van der Waals surface area (Å²) in [7, 11) is -2.25. The van der Waals surface area contributed by atoms with Gasteiger partial charge in [-0.15, -0.1) is 11.3 Å². The largest absolute Gasteiger partial charge is 0.748 e. The topological polar surface area (TPSA) is 93.0 Å². The molecule has 9 heteroatoms. The van der Waals surface area contributed by atoms with E-state index in [0.717, 1.165) is 11.5 Å². The van der Waals surface area contributed by atoms with Crippen molar-refractivity contribution in [1.82, 2.24) is 4.90 Å². The van der Waals surface area contributed by atoms with Crippen LogP contribution >= 0.6 is 11.3 Å². The maximum Gasteiger partial charge on any atom is 0.172 e. The van der Waals surface area contributed by atoms with Gasteiger partial charge in [-0.3, -0.25) is 0 Å². The minimum Gasteiger partial charge on any atom is -0.748 e. The lowest BCUT2D eigenvalue weighted by Gasteiger charge is -2.28. The Morgan fingerprint density at radius 1 is 1.28 bits per heavy atom. The van der Waals surface area contributed by atoms with Crippen molar-refractivity contribution in [3.63, 3.8) is 0 Å². The molecule has 7 nitrogen and oxygen atoms in total. The number of likely N-dealkylation sites (N-methyl/N-ethyl adjacent to an activating group) is 1. The molecule has 0 bridgehead atoms. The molecule has 1 aliphatic heterocycles. The zero-order chi connectivity index (χ0) is 18.1. The van der Waals surface area contributed by atoms with Crippen LogP contribution in [0, 0.1) is 0 Å². The molecule has 1 unspecified atom stereocenters. The van der Waals surface area contributed by atoms with Crippen LogP contribution < -0.4 is 14.5 Å². The monoisotopic (exact) mass is 386 g/mol. The lowest BCUT2D eigenvalue weighted by atomic mass is 10.3. The number of nitrogens with zero attached hydrogens (tertiary/aromatic N) is 1. The van der Waals surface area contributed by atoms with Crippen LogP contribution in [0.25, 0.3) is 0 Å². The van der Waals surface area contributed by atoms with Crippen molar-refractivity contribution in [2.24, 2.45) is 0 Å². The van der Waals surface area contributed by atoms with Crippen molar-refractivity contribution in [2.45, 2.75) is 12.5 Å². The van der Waals surface area contributed by atoms with Gasteiger partial charge in [-0.1, -0.05) is 6.07 Å². The first-order valence-corrected chi connectivity index (χ1v) is 10.3. The van der Waals surface area contributed by atoms with Crippen LogP contribution in [0.1, 0.15) is 6.42 Å². The second kappa shape index (κ2) is 9.71. The molecule has 0 aromatic carbocycles. The molecule has 3 heterocycles. The molecule has 138 valence electrons. The summed E-state index contributed by atoms with van der Waals surface area (Å²) in [6.07, 6.45) is 4.01. The number of rotatable bonds is 6. The SMILES string of the molecule is CN(CCCS(=O)(=O)[O-])CC1COc2cscc2O1.c1cc[nH+]cc1. The quantitative estimate of drug-likeness (QED) is 0.694. The van der Waals surface area contributed by atoms with E-state index in [4.69, 9.17) is 9.47 Å². The summed E-state index contributed by atoms with van der Waals surface area (Å²) < 4.78 is 42.8. The highest BCUT2D eigenvalue weighted by Gasteiger charge is 2.22. The lowest BCUT2D eigenvalue weighted by molar-refractivity contribution is -0.377. The molecule has 0 saturated heterocycles. The van der Waals surface area contributed by atoms with Gasteiger partial charge >= 0.3 is 0 Å². The first-order chi connectivity index (χ1) is 11.9. The molecule has 1 aliphatic rings. The van der Waals surface area contributed by atoms with E-state index < -0.39 is 10.1 Å². The second-order valence-corrected chi connectivity index (χ2v) is 7.87. The average Bonchev–Trinajstić information content (AvgIpc) is 3.03. The lowest BCUT2D eigenvalue weighted by Crippen LogP contribution is -2.39. The van der Waals surface area contributed by atoms with E-state index in [1.165, 1.54) is 11.3 Å². The summed E-state index contributed by atoms with van der Waals surface area (Å²) in [5.74, 6) is 1.21. The highest BCUT2D eigenvalue weighted by Crippen LogP contribution is 2.35. The first kappa shape index (κ1) is 19.6. The van der Waals surface area contributed by atoms with Crippen LogP contribution in [0.5, 0.6) is 11.5 Å². The average molecular weight is 386 g/mol. The van der Waals surface area contributed by atoms with Gasteiger partial charge in [-0.25, -0.2) is 13.4 Å². The number of fused-ring (bicyclic) bond motifs is 1. The number of thiophene rings is 1. The van der Waals surface area contributed by atoms with Gasteiger partial charge in [-0.05, 0) is 20.0 Å². The number of hydrogen-bond donors (Lipinski definition) is 0. The van der Waals surface area contributed by atoms with E-state index >= 15 is 0 Å². The van der Waals surface area contributed by atoms with Gasteiger partial charge < -0.3 is 18.9 Å². The fourth-order valence-electron chi connectivity index (χ4n) is 2.24. The number of aromatic nitrogens is 1. The summed E-state index contributed by atoms with van der Waals surface area (Å²) in [5, 5.41) is 3.79. The van der Waals surface area contributed by atoms with Crippen LogP contribution in [0.2, 0.25) is 0 Å². The molecular formula is C16H22N2O5S2. The molecule has 0 spiro atoms. The zero-order valence-corrected chi connectivity index (χ0v) is 15.6. The Hall–Kier alpha value is -1.68. The van der Waals surface area contributed by atoms with Gasteiger partial charge in [0.25, 0.3) is 0 Å². The highest BCUT2D eigenvalue weighted by molar-refractivity contribution is 7.85. The fourth-order valence-corrected chi connectivity index (χ4v) is 3.40. The van der Waals surface area contributed by atoms with Crippen LogP contribution in [-0.2, 0) is 10.1 Å². The van der Waals surface area contributed by atoms with Crippen molar-refractivity contribution in [3.05, 3.63) is 41.4 Å². The molecule has 1 N–H and O–H groups in total. The van der Waals surface area contributed by atoms with E-state index in [9.17, 15) is 13.0 Å². The summed E-state index contributed by atoms with van der Waals surface area (Å²) in [5.41, 5.74) is 0. The minimum absolute atomic E-state index is 0.0732. The van der Waals surface area contributed by atoms with Crippen LogP contribution in [0.4, 0.5) is 0 Å². The van der Waals surface area contributed by atoms with Crippen LogP contribution in [0.15, 0.2) is 41.4 Å². The predicted molar refractivity (Wildman–Crippen MR) is 93.9 cm³/mol. The van der Waals surface area contributed by atoms with Gasteiger partial charge in [0.1, 0.15) is 12.7 Å². The number of nitrogens with one attached hydrogen (secondary N) is 1. The molecule has 3 rings (SSSR count). The van der Waals surface area contributed by atoms with Crippen molar-refractivity contribution in [1.29, 1.82) is 0 Å². The maximum absolute atomic E-state index is 10.5. The Morgan fingerprint density at radius 3 is 2.60 bits per heavy atom. The summed E-state index contributed by atoms with van der Waals surface area (Å²) >= 11 is 1.53. The number of ether oxygens (including phenoxy) is 2. The van der Waals surface area contributed by atoms with Crippen molar-refractivity contribution >= 4 is 21.5 Å². The van der Waals surface area contributed by atoms with Crippen LogP contribution in [-0.4, -0.2) is 56.5 Å². The third kappa shape index (κ3) is 7.82. The second-order valence-electron chi connectivity index (χ2n) is 5.61. The summed E-state index contributed by atoms with van der Waals surface area (Å²) in [4.78, 5) is 4.83. The zero-order valence-electron chi connectivity index (χ0n) is 14.0. The fraction of sp³-hybridized carbons (Fsp3) is 0.438.